The molecule has 0 saturated carbocycles. The summed E-state index contributed by atoms with van der Waals surface area (Å²) in [5.41, 5.74) is 2.97. The van der Waals surface area contributed by atoms with Crippen LogP contribution in [0.4, 0.5) is 0 Å². The number of benzene rings is 3. The van der Waals surface area contributed by atoms with Crippen molar-refractivity contribution in [2.75, 3.05) is 20.2 Å². The quantitative estimate of drug-likeness (QED) is 0.403. The fourth-order valence-corrected chi connectivity index (χ4v) is 3.31. The van der Waals surface area contributed by atoms with E-state index in [0.29, 0.717) is 24.7 Å². The van der Waals surface area contributed by atoms with E-state index < -0.39 is 5.97 Å². The standard InChI is InChI=1S/C28H29NO5/c1-29(15-14-22-9-4-2-5-10-22)27(30)19-24-17-25(33-16-8-13-28(31)32)20-26(18-24)34-21-23-11-6-3-7-12-23/h2-13,17-18,20H,14-16,19,21H2,1H3,(H,31,32). The number of likely N-dealkylation sites (N-methyl/N-ethyl adjacent to an activating group) is 1. The number of rotatable bonds is 12. The Kier molecular flexibility index (Phi) is 9.29. The fourth-order valence-electron chi connectivity index (χ4n) is 3.31. The van der Waals surface area contributed by atoms with Crippen LogP contribution in [-0.4, -0.2) is 42.1 Å². The molecule has 0 aromatic heterocycles. The summed E-state index contributed by atoms with van der Waals surface area (Å²) < 4.78 is 11.6. The van der Waals surface area contributed by atoms with E-state index in [1.807, 2.05) is 66.7 Å². The van der Waals surface area contributed by atoms with Gasteiger partial charge in [-0.2, -0.15) is 0 Å². The van der Waals surface area contributed by atoms with Crippen LogP contribution in [-0.2, 0) is 29.0 Å². The van der Waals surface area contributed by atoms with Crippen LogP contribution in [0.2, 0.25) is 0 Å². The topological polar surface area (TPSA) is 76.1 Å². The minimum atomic E-state index is -1.03. The second-order valence-electron chi connectivity index (χ2n) is 7.87. The van der Waals surface area contributed by atoms with E-state index in [4.69, 9.17) is 14.6 Å². The van der Waals surface area contributed by atoms with Gasteiger partial charge in [-0.1, -0.05) is 60.7 Å². The van der Waals surface area contributed by atoms with Crippen molar-refractivity contribution in [2.24, 2.45) is 0 Å². The summed E-state index contributed by atoms with van der Waals surface area (Å²) in [5.74, 6) is 0.0508. The number of carboxylic acid groups (broad SMARTS) is 1. The molecular formula is C28H29NO5. The number of hydrogen-bond acceptors (Lipinski definition) is 4. The zero-order chi connectivity index (χ0) is 24.2. The van der Waals surface area contributed by atoms with E-state index in [1.165, 1.54) is 11.6 Å². The maximum Gasteiger partial charge on any atom is 0.328 e. The van der Waals surface area contributed by atoms with Gasteiger partial charge in [-0.05, 0) is 41.3 Å². The summed E-state index contributed by atoms with van der Waals surface area (Å²) in [6.07, 6.45) is 3.44. The summed E-state index contributed by atoms with van der Waals surface area (Å²) in [4.78, 5) is 25.2. The highest BCUT2D eigenvalue weighted by Gasteiger charge is 2.12. The van der Waals surface area contributed by atoms with Gasteiger partial charge in [0.2, 0.25) is 5.91 Å². The van der Waals surface area contributed by atoms with Gasteiger partial charge in [0.1, 0.15) is 24.7 Å². The molecule has 176 valence electrons. The molecule has 0 unspecified atom stereocenters. The largest absolute Gasteiger partial charge is 0.489 e. The minimum absolute atomic E-state index is 0.00661. The van der Waals surface area contributed by atoms with E-state index in [9.17, 15) is 9.59 Å². The average molecular weight is 460 g/mol. The molecule has 3 rings (SSSR count). The lowest BCUT2D eigenvalue weighted by Crippen LogP contribution is -2.30. The molecular weight excluding hydrogens is 430 g/mol. The molecule has 3 aromatic rings. The Bertz CT molecular complexity index is 1100. The normalized spacial score (nSPS) is 10.7. The van der Waals surface area contributed by atoms with Gasteiger partial charge in [-0.15, -0.1) is 0 Å². The number of aliphatic carboxylic acids is 1. The van der Waals surface area contributed by atoms with Crippen molar-refractivity contribution in [3.8, 4) is 11.5 Å². The molecule has 0 aliphatic carbocycles. The molecule has 0 bridgehead atoms. The predicted octanol–water partition coefficient (Wildman–Crippen LogP) is 4.53. The van der Waals surface area contributed by atoms with Crippen LogP contribution >= 0.6 is 0 Å². The Labute approximate surface area is 200 Å². The van der Waals surface area contributed by atoms with Gasteiger partial charge >= 0.3 is 5.97 Å². The monoisotopic (exact) mass is 459 g/mol. The fraction of sp³-hybridized carbons (Fsp3) is 0.214. The first-order chi connectivity index (χ1) is 16.5. The van der Waals surface area contributed by atoms with Crippen molar-refractivity contribution in [2.45, 2.75) is 19.4 Å². The smallest absolute Gasteiger partial charge is 0.328 e. The third kappa shape index (κ3) is 8.47. The molecule has 0 aliphatic rings. The molecule has 0 spiro atoms. The lowest BCUT2D eigenvalue weighted by atomic mass is 10.1. The molecule has 0 saturated heterocycles. The van der Waals surface area contributed by atoms with Crippen molar-refractivity contribution >= 4 is 11.9 Å². The molecule has 1 amide bonds. The van der Waals surface area contributed by atoms with Crippen LogP contribution < -0.4 is 9.47 Å². The molecule has 34 heavy (non-hydrogen) atoms. The Morgan fingerprint density at radius 3 is 2.12 bits per heavy atom. The van der Waals surface area contributed by atoms with Gasteiger partial charge in [-0.3, -0.25) is 4.79 Å². The molecule has 3 aromatic carbocycles. The third-order valence-corrected chi connectivity index (χ3v) is 5.15. The van der Waals surface area contributed by atoms with Crippen LogP contribution in [0.5, 0.6) is 11.5 Å². The predicted molar refractivity (Wildman–Crippen MR) is 131 cm³/mol. The molecule has 1 N–H and O–H groups in total. The van der Waals surface area contributed by atoms with E-state index in [1.54, 1.807) is 24.1 Å². The van der Waals surface area contributed by atoms with Crippen LogP contribution in [0.25, 0.3) is 0 Å². The first-order valence-electron chi connectivity index (χ1n) is 11.1. The number of nitrogens with zero attached hydrogens (tertiary/aromatic N) is 1. The van der Waals surface area contributed by atoms with Gasteiger partial charge < -0.3 is 19.5 Å². The number of carboxylic acids is 1. The van der Waals surface area contributed by atoms with Gasteiger partial charge in [0, 0.05) is 25.7 Å². The summed E-state index contributed by atoms with van der Waals surface area (Å²) in [6.45, 7) is 1.10. The van der Waals surface area contributed by atoms with Crippen LogP contribution in [0.3, 0.4) is 0 Å². The summed E-state index contributed by atoms with van der Waals surface area (Å²) in [7, 11) is 1.80. The van der Waals surface area contributed by atoms with Gasteiger partial charge in [0.05, 0.1) is 6.42 Å². The zero-order valence-corrected chi connectivity index (χ0v) is 19.2. The van der Waals surface area contributed by atoms with Gasteiger partial charge in [0.15, 0.2) is 0 Å². The maximum atomic E-state index is 12.8. The van der Waals surface area contributed by atoms with E-state index in [0.717, 1.165) is 23.6 Å². The summed E-state index contributed by atoms with van der Waals surface area (Å²) >= 11 is 0. The van der Waals surface area contributed by atoms with E-state index >= 15 is 0 Å². The lowest BCUT2D eigenvalue weighted by molar-refractivity contribution is -0.131. The molecule has 0 radical (unpaired) electrons. The SMILES string of the molecule is CN(CCc1ccccc1)C(=O)Cc1cc(OCC=CC(=O)O)cc(OCc2ccccc2)c1. The van der Waals surface area contributed by atoms with Crippen molar-refractivity contribution in [1.82, 2.24) is 4.90 Å². The third-order valence-electron chi connectivity index (χ3n) is 5.15. The Morgan fingerprint density at radius 1 is 0.853 bits per heavy atom. The molecule has 0 atom stereocenters. The van der Waals surface area contributed by atoms with Crippen LogP contribution in [0, 0.1) is 0 Å². The van der Waals surface area contributed by atoms with Crippen molar-refractivity contribution in [3.63, 3.8) is 0 Å². The number of carbonyl (C=O) groups excluding carboxylic acids is 1. The molecule has 6 nitrogen and oxygen atoms in total. The molecule has 6 heteroatoms. The van der Waals surface area contributed by atoms with Crippen molar-refractivity contribution in [1.29, 1.82) is 0 Å². The zero-order valence-electron chi connectivity index (χ0n) is 19.2. The van der Waals surface area contributed by atoms with E-state index in [2.05, 4.69) is 0 Å². The minimum Gasteiger partial charge on any atom is -0.489 e. The highest BCUT2D eigenvalue weighted by molar-refractivity contribution is 5.79. The van der Waals surface area contributed by atoms with Crippen molar-refractivity contribution in [3.05, 3.63) is 108 Å². The first-order valence-corrected chi connectivity index (χ1v) is 11.1. The number of carbonyl (C=O) groups is 2. The lowest BCUT2D eigenvalue weighted by Gasteiger charge is -2.18. The number of amides is 1. The second kappa shape index (κ2) is 12.8. The number of ether oxygens (including phenoxy) is 2. The van der Waals surface area contributed by atoms with Crippen LogP contribution in [0.15, 0.2) is 91.0 Å². The summed E-state index contributed by atoms with van der Waals surface area (Å²) in [5, 5.41) is 8.74. The second-order valence-corrected chi connectivity index (χ2v) is 7.87. The molecule has 0 aliphatic heterocycles. The Morgan fingerprint density at radius 2 is 1.47 bits per heavy atom. The van der Waals surface area contributed by atoms with Crippen LogP contribution in [0.1, 0.15) is 16.7 Å². The van der Waals surface area contributed by atoms with Gasteiger partial charge in [-0.25, -0.2) is 4.79 Å². The Hall–Kier alpha value is -4.06. The molecule has 0 fully saturated rings. The maximum absolute atomic E-state index is 12.8. The summed E-state index contributed by atoms with van der Waals surface area (Å²) in [6, 6.07) is 25.2. The Balaban J connectivity index is 1.66. The van der Waals surface area contributed by atoms with Gasteiger partial charge in [0.25, 0.3) is 0 Å². The number of hydrogen-bond donors (Lipinski definition) is 1. The highest BCUT2D eigenvalue weighted by atomic mass is 16.5. The highest BCUT2D eigenvalue weighted by Crippen LogP contribution is 2.25. The van der Waals surface area contributed by atoms with E-state index in [-0.39, 0.29) is 18.9 Å². The molecule has 0 heterocycles. The average Bonchev–Trinajstić information content (AvgIpc) is 2.85. The van der Waals surface area contributed by atoms with Crippen molar-refractivity contribution < 1.29 is 24.2 Å². The first kappa shape index (κ1) is 24.6.